The Labute approximate surface area is 132 Å². The molecule has 0 aliphatic rings. The minimum Gasteiger partial charge on any atom is -0.496 e. The van der Waals surface area contributed by atoms with E-state index in [-0.39, 0.29) is 16.4 Å². The van der Waals surface area contributed by atoms with Gasteiger partial charge in [0.2, 0.25) is 0 Å². The van der Waals surface area contributed by atoms with Gasteiger partial charge in [-0.15, -0.1) is 0 Å². The molecule has 3 nitrogen and oxygen atoms in total. The van der Waals surface area contributed by atoms with Crippen molar-refractivity contribution in [3.63, 3.8) is 0 Å². The number of methoxy groups -OCH3 is 1. The van der Waals surface area contributed by atoms with Gasteiger partial charge in [-0.1, -0.05) is 12.1 Å². The fourth-order valence-corrected chi connectivity index (χ4v) is 3.37. The molecule has 2 aromatic rings. The second-order valence-electron chi connectivity index (χ2n) is 4.19. The SMILES string of the molecule is COc1ccc(C(=O)CS(=O)c2ccccc2F)cc1Br. The van der Waals surface area contributed by atoms with Crippen LogP contribution in [-0.4, -0.2) is 22.9 Å². The third-order valence-electron chi connectivity index (χ3n) is 2.82. The van der Waals surface area contributed by atoms with Gasteiger partial charge in [0, 0.05) is 5.56 Å². The van der Waals surface area contributed by atoms with Crippen molar-refractivity contribution in [3.8, 4) is 5.75 Å². The topological polar surface area (TPSA) is 43.4 Å². The molecule has 0 amide bonds. The van der Waals surface area contributed by atoms with Crippen LogP contribution in [0, 0.1) is 5.82 Å². The van der Waals surface area contributed by atoms with Gasteiger partial charge < -0.3 is 4.74 Å². The largest absolute Gasteiger partial charge is 0.496 e. The van der Waals surface area contributed by atoms with Gasteiger partial charge in [-0.2, -0.15) is 0 Å². The predicted molar refractivity (Wildman–Crippen MR) is 82.7 cm³/mol. The average Bonchev–Trinajstić information content (AvgIpc) is 2.47. The van der Waals surface area contributed by atoms with E-state index >= 15 is 0 Å². The van der Waals surface area contributed by atoms with Gasteiger partial charge in [-0.05, 0) is 46.3 Å². The molecule has 0 aromatic heterocycles. The standard InChI is InChI=1S/C15H12BrFO3S/c1-20-14-7-6-10(8-11(14)16)13(18)9-21(19)15-5-3-2-4-12(15)17/h2-8H,9H2,1H3. The Bertz CT molecular complexity index is 703. The van der Waals surface area contributed by atoms with Crippen LogP contribution in [0.15, 0.2) is 51.8 Å². The number of ether oxygens (including phenoxy) is 1. The molecule has 0 N–H and O–H groups in total. The predicted octanol–water partition coefficient (Wildman–Crippen LogP) is 3.59. The van der Waals surface area contributed by atoms with Crippen molar-refractivity contribution in [2.75, 3.05) is 12.9 Å². The zero-order valence-electron chi connectivity index (χ0n) is 11.1. The van der Waals surface area contributed by atoms with Crippen LogP contribution >= 0.6 is 15.9 Å². The lowest BCUT2D eigenvalue weighted by Gasteiger charge is -2.06. The van der Waals surface area contributed by atoms with Crippen LogP contribution in [-0.2, 0) is 10.8 Å². The van der Waals surface area contributed by atoms with E-state index in [1.54, 1.807) is 24.3 Å². The Balaban J connectivity index is 2.17. The third kappa shape index (κ3) is 3.77. The molecule has 6 heteroatoms. The Morgan fingerprint density at radius 1 is 1.29 bits per heavy atom. The highest BCUT2D eigenvalue weighted by Crippen LogP contribution is 2.26. The number of carbonyl (C=O) groups is 1. The van der Waals surface area contributed by atoms with Gasteiger partial charge in [0.1, 0.15) is 11.6 Å². The first-order valence-corrected chi connectivity index (χ1v) is 8.13. The maximum Gasteiger partial charge on any atom is 0.175 e. The molecule has 0 aliphatic carbocycles. The van der Waals surface area contributed by atoms with Crippen LogP contribution in [0.5, 0.6) is 5.75 Å². The number of Topliss-reactive ketones (excluding diaryl/α,β-unsaturated/α-hetero) is 1. The van der Waals surface area contributed by atoms with Crippen LogP contribution in [0.25, 0.3) is 0 Å². The van der Waals surface area contributed by atoms with Crippen molar-refractivity contribution in [2.45, 2.75) is 4.90 Å². The molecule has 0 heterocycles. The lowest BCUT2D eigenvalue weighted by Crippen LogP contribution is -2.12. The normalized spacial score (nSPS) is 12.0. The molecule has 0 saturated heterocycles. The van der Waals surface area contributed by atoms with E-state index in [1.165, 1.54) is 25.3 Å². The number of halogens is 2. The zero-order valence-corrected chi connectivity index (χ0v) is 13.5. The highest BCUT2D eigenvalue weighted by Gasteiger charge is 2.16. The molecule has 0 radical (unpaired) electrons. The summed E-state index contributed by atoms with van der Waals surface area (Å²) >= 11 is 3.29. The maximum absolute atomic E-state index is 13.5. The number of ketones is 1. The summed E-state index contributed by atoms with van der Waals surface area (Å²) in [5.74, 6) is -0.555. The summed E-state index contributed by atoms with van der Waals surface area (Å²) < 4.78 is 31.3. The number of carbonyl (C=O) groups excluding carboxylic acids is 1. The zero-order chi connectivity index (χ0) is 15.4. The van der Waals surface area contributed by atoms with E-state index < -0.39 is 16.6 Å². The summed E-state index contributed by atoms with van der Waals surface area (Å²) in [6.07, 6.45) is 0. The van der Waals surface area contributed by atoms with Gasteiger partial charge >= 0.3 is 0 Å². The first kappa shape index (κ1) is 15.9. The first-order chi connectivity index (χ1) is 10.0. The smallest absolute Gasteiger partial charge is 0.175 e. The Morgan fingerprint density at radius 3 is 2.62 bits per heavy atom. The van der Waals surface area contributed by atoms with Crippen molar-refractivity contribution in [2.24, 2.45) is 0 Å². The lowest BCUT2D eigenvalue weighted by atomic mass is 10.1. The van der Waals surface area contributed by atoms with Gasteiger partial charge in [0.15, 0.2) is 5.78 Å². The number of hydrogen-bond acceptors (Lipinski definition) is 3. The molecule has 1 unspecified atom stereocenters. The van der Waals surface area contributed by atoms with Crippen LogP contribution in [0.1, 0.15) is 10.4 Å². The van der Waals surface area contributed by atoms with E-state index in [0.717, 1.165) is 0 Å². The minimum atomic E-state index is -1.71. The average molecular weight is 371 g/mol. The van der Waals surface area contributed by atoms with Crippen molar-refractivity contribution in [1.82, 2.24) is 0 Å². The van der Waals surface area contributed by atoms with Crippen molar-refractivity contribution in [3.05, 3.63) is 58.3 Å². The van der Waals surface area contributed by atoms with Crippen LogP contribution in [0.4, 0.5) is 4.39 Å². The molecule has 0 fully saturated rings. The van der Waals surface area contributed by atoms with E-state index in [0.29, 0.717) is 15.8 Å². The third-order valence-corrected chi connectivity index (χ3v) is 4.78. The molecule has 0 saturated carbocycles. The van der Waals surface area contributed by atoms with Gasteiger partial charge in [0.05, 0.1) is 33.0 Å². The minimum absolute atomic E-state index is 0.0402. The molecule has 1 atom stereocenters. The molecule has 0 bridgehead atoms. The Morgan fingerprint density at radius 2 is 2.00 bits per heavy atom. The fourth-order valence-electron chi connectivity index (χ4n) is 1.75. The summed E-state index contributed by atoms with van der Waals surface area (Å²) in [6.45, 7) is 0. The molecular weight excluding hydrogens is 359 g/mol. The van der Waals surface area contributed by atoms with E-state index in [4.69, 9.17) is 4.74 Å². The summed E-state index contributed by atoms with van der Waals surface area (Å²) in [5.41, 5.74) is 0.396. The molecule has 110 valence electrons. The van der Waals surface area contributed by atoms with Crippen molar-refractivity contribution in [1.29, 1.82) is 0 Å². The summed E-state index contributed by atoms with van der Waals surface area (Å²) in [5, 5.41) is 0. The highest BCUT2D eigenvalue weighted by atomic mass is 79.9. The number of rotatable bonds is 5. The number of benzene rings is 2. The Hall–Kier alpha value is -1.53. The summed E-state index contributed by atoms with van der Waals surface area (Å²) in [6, 6.07) is 10.6. The van der Waals surface area contributed by atoms with Gasteiger partial charge in [0.25, 0.3) is 0 Å². The molecule has 2 aromatic carbocycles. The maximum atomic E-state index is 13.5. The molecule has 21 heavy (non-hydrogen) atoms. The van der Waals surface area contributed by atoms with Crippen LogP contribution < -0.4 is 4.74 Å². The van der Waals surface area contributed by atoms with E-state index in [1.807, 2.05) is 0 Å². The first-order valence-electron chi connectivity index (χ1n) is 6.02. The van der Waals surface area contributed by atoms with E-state index in [2.05, 4.69) is 15.9 Å². The van der Waals surface area contributed by atoms with Crippen molar-refractivity contribution < 1.29 is 18.1 Å². The Kier molecular flexibility index (Phi) is 5.25. The second kappa shape index (κ2) is 6.95. The quantitative estimate of drug-likeness (QED) is 0.755. The van der Waals surface area contributed by atoms with Crippen LogP contribution in [0.3, 0.4) is 0 Å². The molecular formula is C15H12BrFO3S. The highest BCUT2D eigenvalue weighted by molar-refractivity contribution is 9.10. The van der Waals surface area contributed by atoms with E-state index in [9.17, 15) is 13.4 Å². The molecule has 0 aliphatic heterocycles. The lowest BCUT2D eigenvalue weighted by molar-refractivity contribution is 0.102. The number of hydrogen-bond donors (Lipinski definition) is 0. The summed E-state index contributed by atoms with van der Waals surface area (Å²) in [4.78, 5) is 12.2. The second-order valence-corrected chi connectivity index (χ2v) is 6.47. The monoisotopic (exact) mass is 370 g/mol. The summed E-state index contributed by atoms with van der Waals surface area (Å²) in [7, 11) is -0.188. The van der Waals surface area contributed by atoms with Crippen molar-refractivity contribution >= 4 is 32.5 Å². The molecule has 0 spiro atoms. The van der Waals surface area contributed by atoms with Crippen LogP contribution in [0.2, 0.25) is 0 Å². The van der Waals surface area contributed by atoms with Gasteiger partial charge in [-0.25, -0.2) is 4.39 Å². The van der Waals surface area contributed by atoms with Gasteiger partial charge in [-0.3, -0.25) is 9.00 Å². The molecule has 2 rings (SSSR count). The fraction of sp³-hybridized carbons (Fsp3) is 0.133.